The fourth-order valence-corrected chi connectivity index (χ4v) is 2.50. The Hall–Kier alpha value is -0.650. The van der Waals surface area contributed by atoms with Crippen LogP contribution < -0.4 is 5.32 Å². The number of rotatable bonds is 9. The first-order chi connectivity index (χ1) is 9.61. The Kier molecular flexibility index (Phi) is 8.82. The van der Waals surface area contributed by atoms with Gasteiger partial charge in [-0.1, -0.05) is 0 Å². The van der Waals surface area contributed by atoms with Crippen LogP contribution in [0.2, 0.25) is 0 Å². The number of unbranched alkanes of at least 4 members (excludes halogenated alkanes) is 2. The molecule has 5 nitrogen and oxygen atoms in total. The van der Waals surface area contributed by atoms with Crippen molar-refractivity contribution in [3.8, 4) is 0 Å². The van der Waals surface area contributed by atoms with Crippen molar-refractivity contribution >= 4 is 5.91 Å². The molecule has 0 bridgehead atoms. The molecule has 0 aromatic heterocycles. The molecule has 0 aromatic rings. The number of hydrogen-bond donors (Lipinski definition) is 1. The normalized spacial score (nSPS) is 17.6. The predicted octanol–water partition coefficient (Wildman–Crippen LogP) is 0.945. The molecule has 0 aromatic carbocycles. The lowest BCUT2D eigenvalue weighted by Crippen LogP contribution is -2.50. The molecule has 1 amide bonds. The summed E-state index contributed by atoms with van der Waals surface area (Å²) in [6.45, 7) is 10.8. The lowest BCUT2D eigenvalue weighted by Gasteiger charge is -2.34. The van der Waals surface area contributed by atoms with Crippen molar-refractivity contribution in [3.63, 3.8) is 0 Å². The molecule has 0 radical (unpaired) electrons. The molecular weight excluding hydrogens is 254 g/mol. The first kappa shape index (κ1) is 17.4. The zero-order valence-corrected chi connectivity index (χ0v) is 13.4. The highest BCUT2D eigenvalue weighted by molar-refractivity contribution is 5.78. The molecule has 1 heterocycles. The Morgan fingerprint density at radius 3 is 2.35 bits per heavy atom. The van der Waals surface area contributed by atoms with Crippen molar-refractivity contribution in [3.05, 3.63) is 0 Å². The van der Waals surface area contributed by atoms with Gasteiger partial charge in [0, 0.05) is 45.9 Å². The van der Waals surface area contributed by atoms with E-state index in [-0.39, 0.29) is 11.9 Å². The summed E-state index contributed by atoms with van der Waals surface area (Å²) in [6.07, 6.45) is 3.65. The Balaban J connectivity index is 2.06. The molecule has 1 aliphatic rings. The maximum absolute atomic E-state index is 11.7. The lowest BCUT2D eigenvalue weighted by molar-refractivity contribution is -0.123. The second-order valence-corrected chi connectivity index (χ2v) is 5.89. The minimum atomic E-state index is 0.146. The first-order valence-corrected chi connectivity index (χ1v) is 7.85. The van der Waals surface area contributed by atoms with Gasteiger partial charge in [0.15, 0.2) is 0 Å². The molecule has 0 spiro atoms. The van der Waals surface area contributed by atoms with Crippen molar-refractivity contribution in [1.29, 1.82) is 0 Å². The van der Waals surface area contributed by atoms with Crippen LogP contribution in [0.15, 0.2) is 0 Å². The van der Waals surface area contributed by atoms with E-state index in [2.05, 4.69) is 15.1 Å². The maximum atomic E-state index is 11.7. The fraction of sp³-hybridized carbons (Fsp3) is 0.933. The van der Waals surface area contributed by atoms with Gasteiger partial charge in [0.05, 0.1) is 6.54 Å². The SMILES string of the molecule is COCCCCCN1CCN(CC(=O)NC(C)C)CC1. The summed E-state index contributed by atoms with van der Waals surface area (Å²) in [5.41, 5.74) is 0. The summed E-state index contributed by atoms with van der Waals surface area (Å²) >= 11 is 0. The van der Waals surface area contributed by atoms with Crippen molar-refractivity contribution in [2.45, 2.75) is 39.2 Å². The third-order valence-corrected chi connectivity index (χ3v) is 3.60. The molecule has 118 valence electrons. The van der Waals surface area contributed by atoms with Gasteiger partial charge in [-0.15, -0.1) is 0 Å². The quantitative estimate of drug-likeness (QED) is 0.641. The van der Waals surface area contributed by atoms with E-state index >= 15 is 0 Å². The molecule has 1 aliphatic heterocycles. The standard InChI is InChI=1S/C15H31N3O2/c1-14(2)16-15(19)13-18-10-8-17(9-11-18)7-5-4-6-12-20-3/h14H,4-13H2,1-3H3,(H,16,19). The molecule has 1 fully saturated rings. The number of hydrogen-bond acceptors (Lipinski definition) is 4. The Morgan fingerprint density at radius 2 is 1.75 bits per heavy atom. The monoisotopic (exact) mass is 285 g/mol. The Labute approximate surface area is 123 Å². The van der Waals surface area contributed by atoms with Gasteiger partial charge in [0.25, 0.3) is 0 Å². The van der Waals surface area contributed by atoms with Gasteiger partial charge in [-0.3, -0.25) is 9.69 Å². The first-order valence-electron chi connectivity index (χ1n) is 7.85. The van der Waals surface area contributed by atoms with E-state index in [4.69, 9.17) is 4.74 Å². The van der Waals surface area contributed by atoms with Crippen molar-refractivity contribution < 1.29 is 9.53 Å². The summed E-state index contributed by atoms with van der Waals surface area (Å²) in [4.78, 5) is 16.5. The molecule has 1 saturated heterocycles. The van der Waals surface area contributed by atoms with Crippen LogP contribution in [0.3, 0.4) is 0 Å². The number of piperazine rings is 1. The average Bonchev–Trinajstić information content (AvgIpc) is 2.39. The molecule has 20 heavy (non-hydrogen) atoms. The lowest BCUT2D eigenvalue weighted by atomic mass is 10.2. The Morgan fingerprint density at radius 1 is 1.10 bits per heavy atom. The van der Waals surface area contributed by atoms with Crippen molar-refractivity contribution in [2.24, 2.45) is 0 Å². The van der Waals surface area contributed by atoms with Gasteiger partial charge in [-0.05, 0) is 39.7 Å². The number of nitrogens with one attached hydrogen (secondary N) is 1. The van der Waals surface area contributed by atoms with Gasteiger partial charge in [-0.2, -0.15) is 0 Å². The van der Waals surface area contributed by atoms with Gasteiger partial charge in [-0.25, -0.2) is 0 Å². The molecule has 0 saturated carbocycles. The van der Waals surface area contributed by atoms with Crippen LogP contribution in [0.1, 0.15) is 33.1 Å². The van der Waals surface area contributed by atoms with E-state index < -0.39 is 0 Å². The predicted molar refractivity (Wildman–Crippen MR) is 81.9 cm³/mol. The summed E-state index contributed by atoms with van der Waals surface area (Å²) in [5, 5.41) is 2.95. The van der Waals surface area contributed by atoms with Crippen LogP contribution in [-0.2, 0) is 9.53 Å². The zero-order valence-electron chi connectivity index (χ0n) is 13.4. The van der Waals surface area contributed by atoms with Gasteiger partial charge in [0.2, 0.25) is 5.91 Å². The summed E-state index contributed by atoms with van der Waals surface area (Å²) < 4.78 is 5.05. The number of methoxy groups -OCH3 is 1. The summed E-state index contributed by atoms with van der Waals surface area (Å²) in [6, 6.07) is 0.232. The smallest absolute Gasteiger partial charge is 0.234 e. The third-order valence-electron chi connectivity index (χ3n) is 3.60. The molecule has 1 N–H and O–H groups in total. The minimum Gasteiger partial charge on any atom is -0.385 e. The largest absolute Gasteiger partial charge is 0.385 e. The molecule has 5 heteroatoms. The van der Waals surface area contributed by atoms with E-state index in [1.54, 1.807) is 7.11 Å². The minimum absolute atomic E-state index is 0.146. The highest BCUT2D eigenvalue weighted by atomic mass is 16.5. The van der Waals surface area contributed by atoms with E-state index in [1.165, 1.54) is 19.4 Å². The molecule has 0 unspecified atom stereocenters. The van der Waals surface area contributed by atoms with Crippen molar-refractivity contribution in [2.75, 3.05) is 53.0 Å². The summed E-state index contributed by atoms with van der Waals surface area (Å²) in [7, 11) is 1.76. The van der Waals surface area contributed by atoms with Crippen LogP contribution in [0, 0.1) is 0 Å². The molecule has 0 aliphatic carbocycles. The number of carbonyl (C=O) groups is 1. The Bertz CT molecular complexity index is 264. The number of carbonyl (C=O) groups excluding carboxylic acids is 1. The highest BCUT2D eigenvalue weighted by Crippen LogP contribution is 2.04. The number of amides is 1. The third kappa shape index (κ3) is 7.82. The number of ether oxygens (including phenoxy) is 1. The van der Waals surface area contributed by atoms with E-state index in [9.17, 15) is 4.79 Å². The van der Waals surface area contributed by atoms with Gasteiger partial charge < -0.3 is 15.0 Å². The van der Waals surface area contributed by atoms with E-state index in [0.29, 0.717) is 6.54 Å². The maximum Gasteiger partial charge on any atom is 0.234 e. The average molecular weight is 285 g/mol. The second kappa shape index (κ2) is 10.1. The second-order valence-electron chi connectivity index (χ2n) is 5.89. The molecule has 1 rings (SSSR count). The van der Waals surface area contributed by atoms with Crippen LogP contribution >= 0.6 is 0 Å². The highest BCUT2D eigenvalue weighted by Gasteiger charge is 2.18. The van der Waals surface area contributed by atoms with Crippen LogP contribution in [-0.4, -0.2) is 74.7 Å². The molecular formula is C15H31N3O2. The summed E-state index contributed by atoms with van der Waals surface area (Å²) in [5.74, 6) is 0.146. The van der Waals surface area contributed by atoms with E-state index in [1.807, 2.05) is 13.8 Å². The van der Waals surface area contributed by atoms with Crippen LogP contribution in [0.5, 0.6) is 0 Å². The molecule has 0 atom stereocenters. The van der Waals surface area contributed by atoms with Crippen LogP contribution in [0.25, 0.3) is 0 Å². The van der Waals surface area contributed by atoms with Gasteiger partial charge >= 0.3 is 0 Å². The fourth-order valence-electron chi connectivity index (χ4n) is 2.50. The van der Waals surface area contributed by atoms with Crippen molar-refractivity contribution in [1.82, 2.24) is 15.1 Å². The zero-order chi connectivity index (χ0) is 14.8. The van der Waals surface area contributed by atoms with E-state index in [0.717, 1.165) is 39.2 Å². The number of nitrogens with zero attached hydrogens (tertiary/aromatic N) is 2. The van der Waals surface area contributed by atoms with Gasteiger partial charge in [0.1, 0.15) is 0 Å². The van der Waals surface area contributed by atoms with Crippen LogP contribution in [0.4, 0.5) is 0 Å². The topological polar surface area (TPSA) is 44.8 Å².